The molecule has 0 aliphatic rings. The number of nitrogens with zero attached hydrogens (tertiary/aromatic N) is 3. The fourth-order valence-corrected chi connectivity index (χ4v) is 8.60. The third-order valence-corrected chi connectivity index (χ3v) is 12.2. The number of hydrogen-bond acceptors (Lipinski definition) is 3. The second-order valence-electron chi connectivity index (χ2n) is 18.4. The zero-order valence-corrected chi connectivity index (χ0v) is 37.7. The molecule has 9 aromatic rings. The van der Waals surface area contributed by atoms with Gasteiger partial charge in [0.05, 0.1) is 33.5 Å². The van der Waals surface area contributed by atoms with Crippen molar-refractivity contribution in [2.24, 2.45) is 0 Å². The molecule has 2 heterocycles. The minimum absolute atomic E-state index is 0.00139. The number of phenolic OH excluding ortho intramolecular Hbond substituents is 1. The molecule has 0 saturated carbocycles. The van der Waals surface area contributed by atoms with E-state index in [0.29, 0.717) is 22.6 Å². The van der Waals surface area contributed by atoms with E-state index < -0.39 is 36.6 Å². The minimum Gasteiger partial charge on any atom is -0.507 e. The maximum atomic E-state index is 12.4. The van der Waals surface area contributed by atoms with Gasteiger partial charge >= 0.3 is 0 Å². The molecule has 4 nitrogen and oxygen atoms in total. The van der Waals surface area contributed by atoms with Crippen LogP contribution >= 0.6 is 0 Å². The lowest BCUT2D eigenvalue weighted by Crippen LogP contribution is -2.11. The molecule has 2 aromatic heterocycles. The van der Waals surface area contributed by atoms with Crippen LogP contribution in [0.25, 0.3) is 83.9 Å². The van der Waals surface area contributed by atoms with Crippen molar-refractivity contribution in [1.82, 2.24) is 14.5 Å². The van der Waals surface area contributed by atoms with Crippen molar-refractivity contribution in [3.8, 4) is 78.6 Å². The molecule has 4 heteroatoms. The molecule has 1 N–H and O–H groups in total. The topological polar surface area (TPSA) is 50.9 Å². The largest absolute Gasteiger partial charge is 0.507 e. The summed E-state index contributed by atoms with van der Waals surface area (Å²) in [5.41, 5.74) is 13.8. The van der Waals surface area contributed by atoms with Crippen LogP contribution in [-0.4, -0.2) is 19.6 Å². The molecular weight excluding hydrogens is 779 g/mol. The molecule has 0 aliphatic heterocycles. The number of benzene rings is 7. The zero-order chi connectivity index (χ0) is 50.8. The minimum atomic E-state index is -2.82. The number of imidazole rings is 1. The lowest BCUT2D eigenvalue weighted by atomic mass is 9.83. The van der Waals surface area contributed by atoms with Crippen molar-refractivity contribution in [2.45, 2.75) is 79.5 Å². The number of phenols is 1. The van der Waals surface area contributed by atoms with Gasteiger partial charge in [-0.15, -0.1) is 0 Å². The molecule has 318 valence electrons. The predicted octanol–water partition coefficient (Wildman–Crippen LogP) is 16.3. The Bertz CT molecular complexity index is 3490. The molecule has 7 aromatic carbocycles. The van der Waals surface area contributed by atoms with Gasteiger partial charge in [-0.3, -0.25) is 9.55 Å². The number of hydrogen-bond donors (Lipinski definition) is 1. The van der Waals surface area contributed by atoms with Crippen molar-refractivity contribution in [2.75, 3.05) is 0 Å². The number of aryl methyl sites for hydroxylation is 1. The number of pyridine rings is 1. The summed E-state index contributed by atoms with van der Waals surface area (Å²) in [6.45, 7) is 14.3. The van der Waals surface area contributed by atoms with Crippen LogP contribution in [0.5, 0.6) is 5.75 Å². The first-order chi connectivity index (χ1) is 33.6. The maximum absolute atomic E-state index is 12.4. The van der Waals surface area contributed by atoms with Crippen LogP contribution < -0.4 is 0 Å². The van der Waals surface area contributed by atoms with Crippen molar-refractivity contribution < 1.29 is 14.7 Å². The average Bonchev–Trinajstić information content (AvgIpc) is 3.72. The molecule has 0 aliphatic carbocycles. The van der Waals surface area contributed by atoms with Gasteiger partial charge in [0.1, 0.15) is 11.6 Å². The first-order valence-corrected chi connectivity index (χ1v) is 22.0. The lowest BCUT2D eigenvalue weighted by molar-refractivity contribution is 0.466. The van der Waals surface area contributed by atoms with E-state index in [4.69, 9.17) is 19.6 Å². The highest BCUT2D eigenvalue weighted by atomic mass is 16.3. The molecule has 0 spiro atoms. The number of aromatic nitrogens is 3. The Morgan fingerprint density at radius 1 is 0.609 bits per heavy atom. The Morgan fingerprint density at radius 3 is 1.95 bits per heavy atom. The van der Waals surface area contributed by atoms with E-state index >= 15 is 0 Å². The van der Waals surface area contributed by atoms with Gasteiger partial charge in [-0.05, 0) is 135 Å². The Balaban J connectivity index is 1.34. The molecule has 9 rings (SSSR count). The summed E-state index contributed by atoms with van der Waals surface area (Å²) in [5, 5.41) is 12.4. The van der Waals surface area contributed by atoms with Crippen LogP contribution in [0.1, 0.15) is 97.7 Å². The normalized spacial score (nSPS) is 13.6. The Kier molecular flexibility index (Phi) is 9.11. The van der Waals surface area contributed by atoms with Crippen LogP contribution in [-0.2, 0) is 5.41 Å². The average molecular weight is 843 g/mol. The van der Waals surface area contributed by atoms with Gasteiger partial charge in [0, 0.05) is 27.0 Å². The fourth-order valence-electron chi connectivity index (χ4n) is 8.60. The standard InChI is InChI=1S/C60H57N3O/c1-37(2)45-33-50(38(3)4)58(64)53(34-45)59-62-57-49(46-30-47(32-48(31-46)60(7,8)9)54-35-44(27-28-61-54)41-25-23-39(5)24-26-41)21-16-22-55(57)63(59)56-36-51(42-17-12-10-13-18-42)40(6)29-52(56)43-19-14-11-15-20-43/h10-38,64H,1-9H3/i5D3,23D,24D,25D,26D. The number of fused-ring (bicyclic) bond motifs is 1. The van der Waals surface area contributed by atoms with Crippen molar-refractivity contribution in [3.05, 3.63) is 192 Å². The van der Waals surface area contributed by atoms with Crippen LogP contribution in [0.15, 0.2) is 164 Å². The smallest absolute Gasteiger partial charge is 0.149 e. The summed E-state index contributed by atoms with van der Waals surface area (Å²) in [7, 11) is 0. The van der Waals surface area contributed by atoms with E-state index in [0.717, 1.165) is 77.9 Å². The SMILES string of the molecule is [2H]c1c([2H])c(C([2H])([2H])[2H])c([2H])c([2H])c1-c1ccnc(-c2cc(-c3cccc4c3nc(-c3cc(C(C)C)cc(C(C)C)c3O)n4-c3cc(-c4ccccc4)c(C)cc3-c3ccccc3)cc(C(C)(C)C)c2)c1. The molecule has 0 fully saturated rings. The van der Waals surface area contributed by atoms with Gasteiger partial charge in [0.2, 0.25) is 0 Å². The first-order valence-electron chi connectivity index (χ1n) is 25.5. The highest BCUT2D eigenvalue weighted by Gasteiger charge is 2.26. The third kappa shape index (κ3) is 8.05. The lowest BCUT2D eigenvalue weighted by Gasteiger charge is -2.22. The number of rotatable bonds is 9. The Hall–Kier alpha value is -7.04. The van der Waals surface area contributed by atoms with Crippen molar-refractivity contribution >= 4 is 11.0 Å². The van der Waals surface area contributed by atoms with Gasteiger partial charge in [-0.1, -0.05) is 163 Å². The Morgan fingerprint density at radius 2 is 1.30 bits per heavy atom. The summed E-state index contributed by atoms with van der Waals surface area (Å²) >= 11 is 0. The van der Waals surface area contributed by atoms with E-state index in [1.54, 1.807) is 18.3 Å². The second kappa shape index (κ2) is 16.9. The number of aromatic hydroxyl groups is 1. The highest BCUT2D eigenvalue weighted by Crippen LogP contribution is 2.45. The van der Waals surface area contributed by atoms with Gasteiger partial charge < -0.3 is 5.11 Å². The molecule has 0 amide bonds. The van der Waals surface area contributed by atoms with Crippen LogP contribution in [0.4, 0.5) is 0 Å². The van der Waals surface area contributed by atoms with E-state index in [1.807, 2.05) is 18.2 Å². The Labute approximate surface area is 388 Å². The van der Waals surface area contributed by atoms with Gasteiger partial charge in [0.25, 0.3) is 0 Å². The van der Waals surface area contributed by atoms with Crippen molar-refractivity contribution in [3.63, 3.8) is 0 Å². The van der Waals surface area contributed by atoms with Crippen LogP contribution in [0, 0.1) is 13.8 Å². The molecule has 0 unspecified atom stereocenters. The van der Waals surface area contributed by atoms with Gasteiger partial charge in [-0.25, -0.2) is 4.98 Å². The fraction of sp³-hybridized carbons (Fsp3) is 0.200. The van der Waals surface area contributed by atoms with E-state index in [2.05, 4.69) is 163 Å². The molecule has 0 saturated heterocycles. The third-order valence-electron chi connectivity index (χ3n) is 12.2. The molecular formula is C60H57N3O. The maximum Gasteiger partial charge on any atom is 0.149 e. The summed E-state index contributed by atoms with van der Waals surface area (Å²) in [5.74, 6) is 0.997. The molecule has 0 radical (unpaired) electrons. The zero-order valence-electron chi connectivity index (χ0n) is 44.7. The second-order valence-corrected chi connectivity index (χ2v) is 18.4. The molecule has 0 atom stereocenters. The summed E-state index contributed by atoms with van der Waals surface area (Å²) in [4.78, 5) is 10.4. The monoisotopic (exact) mass is 842 g/mol. The molecule has 0 bridgehead atoms. The summed E-state index contributed by atoms with van der Waals surface area (Å²) < 4.78 is 61.0. The summed E-state index contributed by atoms with van der Waals surface area (Å²) in [6.07, 6.45) is 1.57. The van der Waals surface area contributed by atoms with E-state index in [9.17, 15) is 5.11 Å². The molecule has 64 heavy (non-hydrogen) atoms. The van der Waals surface area contributed by atoms with Gasteiger partial charge in [-0.2, -0.15) is 0 Å². The summed E-state index contributed by atoms with van der Waals surface area (Å²) in [6, 6.07) is 43.3. The first kappa shape index (κ1) is 34.4. The number of para-hydroxylation sites is 1. The predicted molar refractivity (Wildman–Crippen MR) is 269 cm³/mol. The van der Waals surface area contributed by atoms with Crippen LogP contribution in [0.2, 0.25) is 0 Å². The van der Waals surface area contributed by atoms with Crippen LogP contribution in [0.3, 0.4) is 0 Å². The quantitative estimate of drug-likeness (QED) is 0.157. The van der Waals surface area contributed by atoms with E-state index in [-0.39, 0.29) is 28.6 Å². The van der Waals surface area contributed by atoms with E-state index in [1.165, 1.54) is 0 Å². The van der Waals surface area contributed by atoms with Crippen molar-refractivity contribution in [1.29, 1.82) is 0 Å². The highest BCUT2D eigenvalue weighted by molar-refractivity contribution is 5.98. The van der Waals surface area contributed by atoms with Gasteiger partial charge in [0.15, 0.2) is 0 Å².